The highest BCUT2D eigenvalue weighted by Crippen LogP contribution is 2.00. The lowest BCUT2D eigenvalue weighted by Crippen LogP contribution is -2.49. The van der Waals surface area contributed by atoms with Crippen LogP contribution in [-0.4, -0.2) is 26.0 Å². The summed E-state index contributed by atoms with van der Waals surface area (Å²) in [5, 5.41) is 3.12. The van der Waals surface area contributed by atoms with Gasteiger partial charge in [0.1, 0.15) is 0 Å². The molecule has 3 N–H and O–H groups in total. The van der Waals surface area contributed by atoms with Crippen LogP contribution in [0.2, 0.25) is 0 Å². The van der Waals surface area contributed by atoms with E-state index < -0.39 is 0 Å². The maximum atomic E-state index is 5.49. The Bertz CT molecular complexity index is 104. The molecule has 0 bridgehead atoms. The van der Waals surface area contributed by atoms with Crippen LogP contribution < -0.4 is 11.1 Å². The van der Waals surface area contributed by atoms with Gasteiger partial charge in [-0.3, -0.25) is 4.99 Å². The monoisotopic (exact) mass is 113 g/mol. The molecule has 1 heterocycles. The Hall–Kier alpha value is -0.570. The molecule has 0 aliphatic carbocycles. The maximum absolute atomic E-state index is 5.49. The Morgan fingerprint density at radius 3 is 2.50 bits per heavy atom. The van der Waals surface area contributed by atoms with E-state index in [1.165, 1.54) is 0 Å². The normalized spacial score (nSPS) is 22.9. The van der Waals surface area contributed by atoms with Gasteiger partial charge in [-0.25, -0.2) is 0 Å². The van der Waals surface area contributed by atoms with Crippen molar-refractivity contribution in [3.05, 3.63) is 0 Å². The molecule has 1 aliphatic rings. The standard InChI is InChI=1S/C5H11N3/c1-7-5(6)4-2-8-3-4/h4,8H,2-3H2,1H3,(H2,6,7). The van der Waals surface area contributed by atoms with Crippen LogP contribution in [0.3, 0.4) is 0 Å². The molecule has 1 rings (SSSR count). The van der Waals surface area contributed by atoms with Gasteiger partial charge in [0.2, 0.25) is 0 Å². The molecule has 1 saturated heterocycles. The first-order chi connectivity index (χ1) is 3.84. The van der Waals surface area contributed by atoms with Crippen molar-refractivity contribution in [3.8, 4) is 0 Å². The third-order valence-electron chi connectivity index (χ3n) is 1.46. The van der Waals surface area contributed by atoms with Crippen LogP contribution in [0.25, 0.3) is 0 Å². The Balaban J connectivity index is 2.34. The predicted molar refractivity (Wildman–Crippen MR) is 33.9 cm³/mol. The van der Waals surface area contributed by atoms with Gasteiger partial charge < -0.3 is 11.1 Å². The molecule has 0 aromatic carbocycles. The van der Waals surface area contributed by atoms with Crippen molar-refractivity contribution in [2.45, 2.75) is 0 Å². The number of amidine groups is 1. The van der Waals surface area contributed by atoms with Crippen LogP contribution in [0.4, 0.5) is 0 Å². The molecule has 3 nitrogen and oxygen atoms in total. The van der Waals surface area contributed by atoms with Crippen molar-refractivity contribution >= 4 is 5.84 Å². The van der Waals surface area contributed by atoms with E-state index in [-0.39, 0.29) is 0 Å². The number of nitrogens with two attached hydrogens (primary N) is 1. The summed E-state index contributed by atoms with van der Waals surface area (Å²) in [6, 6.07) is 0. The van der Waals surface area contributed by atoms with Crippen LogP contribution >= 0.6 is 0 Å². The Kier molecular flexibility index (Phi) is 1.48. The van der Waals surface area contributed by atoms with E-state index in [2.05, 4.69) is 10.3 Å². The van der Waals surface area contributed by atoms with Crippen molar-refractivity contribution < 1.29 is 0 Å². The lowest BCUT2D eigenvalue weighted by atomic mass is 10.0. The first kappa shape index (κ1) is 5.56. The molecule has 46 valence electrons. The molecule has 0 aromatic heterocycles. The van der Waals surface area contributed by atoms with Crippen molar-refractivity contribution in [2.75, 3.05) is 20.1 Å². The first-order valence-electron chi connectivity index (χ1n) is 2.77. The number of rotatable bonds is 1. The van der Waals surface area contributed by atoms with Gasteiger partial charge in [-0.15, -0.1) is 0 Å². The van der Waals surface area contributed by atoms with Crippen molar-refractivity contribution in [1.29, 1.82) is 0 Å². The zero-order valence-electron chi connectivity index (χ0n) is 5.02. The minimum Gasteiger partial charge on any atom is -0.387 e. The van der Waals surface area contributed by atoms with Crippen molar-refractivity contribution in [3.63, 3.8) is 0 Å². The number of nitrogens with one attached hydrogen (secondary N) is 1. The van der Waals surface area contributed by atoms with Crippen LogP contribution in [0.1, 0.15) is 0 Å². The van der Waals surface area contributed by atoms with Gasteiger partial charge in [0.15, 0.2) is 0 Å². The quantitative estimate of drug-likeness (QED) is 0.345. The second-order valence-electron chi connectivity index (χ2n) is 2.00. The third kappa shape index (κ3) is 0.816. The summed E-state index contributed by atoms with van der Waals surface area (Å²) < 4.78 is 0. The molecule has 0 atom stereocenters. The van der Waals surface area contributed by atoms with E-state index in [4.69, 9.17) is 5.73 Å². The van der Waals surface area contributed by atoms with E-state index >= 15 is 0 Å². The third-order valence-corrected chi connectivity index (χ3v) is 1.46. The largest absolute Gasteiger partial charge is 0.387 e. The second kappa shape index (κ2) is 2.13. The van der Waals surface area contributed by atoms with Crippen LogP contribution in [-0.2, 0) is 0 Å². The highest BCUT2D eigenvalue weighted by Gasteiger charge is 2.19. The molecule has 0 amide bonds. The molecular weight excluding hydrogens is 102 g/mol. The minimum absolute atomic E-state index is 0.514. The van der Waals surface area contributed by atoms with Crippen molar-refractivity contribution in [2.24, 2.45) is 16.6 Å². The average Bonchev–Trinajstić information content (AvgIpc) is 1.62. The molecule has 0 spiro atoms. The van der Waals surface area contributed by atoms with E-state index in [0.717, 1.165) is 18.9 Å². The SMILES string of the molecule is CN=C(N)C1CNC1. The van der Waals surface area contributed by atoms with Gasteiger partial charge in [0.05, 0.1) is 5.84 Å². The summed E-state index contributed by atoms with van der Waals surface area (Å²) in [6.07, 6.45) is 0. The topological polar surface area (TPSA) is 50.4 Å². The number of nitrogens with zero attached hydrogens (tertiary/aromatic N) is 1. The maximum Gasteiger partial charge on any atom is 0.0990 e. The van der Waals surface area contributed by atoms with Crippen LogP contribution in [0.15, 0.2) is 4.99 Å². The van der Waals surface area contributed by atoms with Gasteiger partial charge in [0.25, 0.3) is 0 Å². The first-order valence-corrected chi connectivity index (χ1v) is 2.77. The van der Waals surface area contributed by atoms with Gasteiger partial charge in [-0.1, -0.05) is 0 Å². The van der Waals surface area contributed by atoms with Gasteiger partial charge in [-0.05, 0) is 0 Å². The number of aliphatic imine (C=N–C) groups is 1. The second-order valence-corrected chi connectivity index (χ2v) is 2.00. The fraction of sp³-hybridized carbons (Fsp3) is 0.800. The lowest BCUT2D eigenvalue weighted by Gasteiger charge is -2.25. The molecule has 0 radical (unpaired) electrons. The fourth-order valence-corrected chi connectivity index (χ4v) is 0.680. The fourth-order valence-electron chi connectivity index (χ4n) is 0.680. The molecule has 1 fully saturated rings. The number of hydrogen-bond donors (Lipinski definition) is 2. The number of hydrogen-bond acceptors (Lipinski definition) is 2. The van der Waals surface area contributed by atoms with Crippen LogP contribution in [0.5, 0.6) is 0 Å². The summed E-state index contributed by atoms with van der Waals surface area (Å²) >= 11 is 0. The van der Waals surface area contributed by atoms with E-state index in [1.54, 1.807) is 7.05 Å². The summed E-state index contributed by atoms with van der Waals surface area (Å²) in [5.74, 6) is 1.30. The van der Waals surface area contributed by atoms with Gasteiger partial charge in [0, 0.05) is 26.1 Å². The van der Waals surface area contributed by atoms with Crippen LogP contribution in [0, 0.1) is 5.92 Å². The molecule has 3 heteroatoms. The van der Waals surface area contributed by atoms with E-state index in [0.29, 0.717) is 5.92 Å². The summed E-state index contributed by atoms with van der Waals surface area (Å²) in [7, 11) is 1.73. The average molecular weight is 113 g/mol. The highest BCUT2D eigenvalue weighted by atomic mass is 15.0. The Morgan fingerprint density at radius 2 is 2.38 bits per heavy atom. The van der Waals surface area contributed by atoms with Crippen molar-refractivity contribution in [1.82, 2.24) is 5.32 Å². The molecule has 1 aliphatic heterocycles. The van der Waals surface area contributed by atoms with E-state index in [1.807, 2.05) is 0 Å². The molecule has 0 unspecified atom stereocenters. The molecule has 0 aromatic rings. The zero-order chi connectivity index (χ0) is 5.98. The smallest absolute Gasteiger partial charge is 0.0990 e. The summed E-state index contributed by atoms with van der Waals surface area (Å²) in [6.45, 7) is 2.01. The summed E-state index contributed by atoms with van der Waals surface area (Å²) in [5.41, 5.74) is 5.49. The zero-order valence-corrected chi connectivity index (χ0v) is 5.02. The molecule has 0 saturated carbocycles. The van der Waals surface area contributed by atoms with Gasteiger partial charge in [-0.2, -0.15) is 0 Å². The molecular formula is C5H11N3. The predicted octanol–water partition coefficient (Wildman–Crippen LogP) is -0.807. The summed E-state index contributed by atoms with van der Waals surface area (Å²) in [4.78, 5) is 3.86. The lowest BCUT2D eigenvalue weighted by molar-refractivity contribution is 0.440. The Labute approximate surface area is 49.0 Å². The minimum atomic E-state index is 0.514. The Morgan fingerprint density at radius 1 is 1.75 bits per heavy atom. The van der Waals surface area contributed by atoms with E-state index in [9.17, 15) is 0 Å². The highest BCUT2D eigenvalue weighted by molar-refractivity contribution is 5.83. The van der Waals surface area contributed by atoms with Gasteiger partial charge >= 0.3 is 0 Å². The molecule has 8 heavy (non-hydrogen) atoms.